The number of carbonyl (C=O) groups is 3. The minimum atomic E-state index is -1.97. The fourth-order valence-corrected chi connectivity index (χ4v) is 16.6. The summed E-state index contributed by atoms with van der Waals surface area (Å²) >= 11 is 0. The van der Waals surface area contributed by atoms with Crippen molar-refractivity contribution >= 4 is 17.9 Å². The van der Waals surface area contributed by atoms with Gasteiger partial charge in [0.1, 0.15) is 79.4 Å². The van der Waals surface area contributed by atoms with Gasteiger partial charge in [-0.25, -0.2) is 0 Å². The molecule has 29 atom stereocenters. The van der Waals surface area contributed by atoms with Crippen LogP contribution in [0.2, 0.25) is 0 Å². The topological polar surface area (TPSA) is 377 Å². The smallest absolute Gasteiger partial charge is 0.311 e. The number of esters is 2. The van der Waals surface area contributed by atoms with Crippen LogP contribution in [-0.2, 0) is 57.0 Å². The first-order valence-electron chi connectivity index (χ1n) is 28.2. The van der Waals surface area contributed by atoms with Crippen molar-refractivity contribution in [1.82, 2.24) is 0 Å². The van der Waals surface area contributed by atoms with Crippen molar-refractivity contribution in [2.24, 2.45) is 56.7 Å². The van der Waals surface area contributed by atoms with Crippen LogP contribution in [0.4, 0.5) is 0 Å². The van der Waals surface area contributed by atoms with Crippen molar-refractivity contribution < 1.29 is 118 Å². The number of carboxylic acids is 1. The number of aliphatic hydroxyl groups excluding tert-OH is 11. The predicted molar refractivity (Wildman–Crippen MR) is 267 cm³/mol. The van der Waals surface area contributed by atoms with Crippen LogP contribution >= 0.6 is 0 Å². The van der Waals surface area contributed by atoms with E-state index in [0.717, 1.165) is 31.3 Å². The van der Waals surface area contributed by atoms with Crippen molar-refractivity contribution in [2.45, 2.75) is 236 Å². The number of carbonyl (C=O) groups excluding carboxylic acids is 2. The number of aliphatic hydroxyl groups is 11. The van der Waals surface area contributed by atoms with Crippen molar-refractivity contribution in [3.8, 4) is 0 Å². The Morgan fingerprint density at radius 3 is 1.99 bits per heavy atom. The predicted octanol–water partition coefficient (Wildman–Crippen LogP) is -0.877. The summed E-state index contributed by atoms with van der Waals surface area (Å²) in [6.07, 6.45) is -22.8. The fourth-order valence-electron chi connectivity index (χ4n) is 16.6. The Bertz CT molecular complexity index is 2250. The molecule has 4 saturated heterocycles. The molecule has 0 spiro atoms. The molecule has 0 aromatic carbocycles. The molecule has 0 aromatic heterocycles. The number of rotatable bonds is 12. The number of hydrogen-bond acceptors (Lipinski definition) is 23. The third kappa shape index (κ3) is 10.4. The molecule has 450 valence electrons. The molecule has 11 unspecified atom stereocenters. The average molecular weight is 1130 g/mol. The second kappa shape index (κ2) is 22.5. The first-order valence-corrected chi connectivity index (χ1v) is 28.2. The van der Waals surface area contributed by atoms with E-state index in [4.69, 9.17) is 42.6 Å². The molecular weight excluding hydrogens is 1040 g/mol. The second-order valence-electron chi connectivity index (χ2n) is 26.1. The molecule has 0 bridgehead atoms. The maximum Gasteiger partial charge on any atom is 0.311 e. The Hall–Kier alpha value is -2.57. The summed E-state index contributed by atoms with van der Waals surface area (Å²) in [4.78, 5) is 40.0. The summed E-state index contributed by atoms with van der Waals surface area (Å²) in [5.74, 6) is -3.83. The molecular formula is C55H86O24. The van der Waals surface area contributed by atoms with Gasteiger partial charge in [-0.1, -0.05) is 46.3 Å². The minimum Gasteiger partial charge on any atom is -0.481 e. The van der Waals surface area contributed by atoms with Crippen LogP contribution < -0.4 is 0 Å². The van der Waals surface area contributed by atoms with Crippen LogP contribution in [0.15, 0.2) is 11.6 Å². The standard InChI is InChI=1S/C55H86O24/c1-22-34(59)37(62)40(65)47(73-22)78-43-29(19-56)75-46(42(67)39(43)64)72-21-30-36(61)38(63)41(66)48(76-30)79-45(68)26-18-52(5,50(69)70)17-25-24(26)11-15-54(7)27(25)9-10-32-53(6)14-13-33(51(3,4)31(53)12-16-55(32,54)8)77-49-44(74-23(2)57)35(60)28(58)20-71-49/h9,22,24-26,28-44,46-49,56,58-67H,10-21H2,1-8H3,(H,69,70)/t22-,24?,25?,26?,28+,29-,30-,31?,32?,33?,34-,35-,36-,37-,38-,39?,40-,41-,42-,43-,44-,46-,47+,48+,49+,52?,53?,54?,55?/m1/s1. The third-order valence-electron chi connectivity index (χ3n) is 21.3. The molecule has 8 fully saturated rings. The molecule has 79 heavy (non-hydrogen) atoms. The van der Waals surface area contributed by atoms with Gasteiger partial charge in [0.2, 0.25) is 6.29 Å². The van der Waals surface area contributed by atoms with Crippen molar-refractivity contribution in [1.29, 1.82) is 0 Å². The Morgan fingerprint density at radius 1 is 0.658 bits per heavy atom. The molecule has 4 aliphatic heterocycles. The second-order valence-corrected chi connectivity index (χ2v) is 26.1. The van der Waals surface area contributed by atoms with Crippen LogP contribution in [0, 0.1) is 56.7 Å². The molecule has 4 heterocycles. The molecule has 4 saturated carbocycles. The largest absolute Gasteiger partial charge is 0.481 e. The zero-order chi connectivity index (χ0) is 57.8. The van der Waals surface area contributed by atoms with Gasteiger partial charge in [-0.2, -0.15) is 0 Å². The van der Waals surface area contributed by atoms with E-state index in [9.17, 15) is 75.7 Å². The van der Waals surface area contributed by atoms with E-state index in [0.29, 0.717) is 19.3 Å². The van der Waals surface area contributed by atoms with Crippen molar-refractivity contribution in [3.05, 3.63) is 11.6 Å². The molecule has 12 N–H and O–H groups in total. The summed E-state index contributed by atoms with van der Waals surface area (Å²) in [7, 11) is 0. The maximum absolute atomic E-state index is 14.7. The highest BCUT2D eigenvalue weighted by Crippen LogP contribution is 2.75. The van der Waals surface area contributed by atoms with E-state index in [1.165, 1.54) is 13.8 Å². The maximum atomic E-state index is 14.7. The van der Waals surface area contributed by atoms with Gasteiger partial charge in [0, 0.05) is 6.92 Å². The van der Waals surface area contributed by atoms with E-state index in [1.54, 1.807) is 6.92 Å². The highest BCUT2D eigenvalue weighted by molar-refractivity contribution is 5.78. The monoisotopic (exact) mass is 1130 g/mol. The van der Waals surface area contributed by atoms with E-state index in [2.05, 4.69) is 40.7 Å². The number of aliphatic carboxylic acids is 1. The Labute approximate surface area is 459 Å². The van der Waals surface area contributed by atoms with Crippen LogP contribution in [-0.4, -0.2) is 222 Å². The molecule has 0 radical (unpaired) electrons. The summed E-state index contributed by atoms with van der Waals surface area (Å²) in [6.45, 7) is 14.0. The molecule has 24 heteroatoms. The lowest BCUT2D eigenvalue weighted by atomic mass is 9.34. The van der Waals surface area contributed by atoms with Gasteiger partial charge in [0.15, 0.2) is 25.0 Å². The van der Waals surface area contributed by atoms with Crippen molar-refractivity contribution in [3.63, 3.8) is 0 Å². The Balaban J connectivity index is 0.883. The summed E-state index contributed by atoms with van der Waals surface area (Å²) in [5, 5.41) is 129. The quantitative estimate of drug-likeness (QED) is 0.0641. The summed E-state index contributed by atoms with van der Waals surface area (Å²) in [6, 6.07) is 0. The molecule has 9 aliphatic rings. The molecule has 0 amide bonds. The minimum absolute atomic E-state index is 0.0821. The number of fused-ring (bicyclic) bond motifs is 7. The molecule has 5 aliphatic carbocycles. The number of allylic oxidation sites excluding steroid dienone is 2. The lowest BCUT2D eigenvalue weighted by molar-refractivity contribution is -0.361. The van der Waals surface area contributed by atoms with Crippen LogP contribution in [0.25, 0.3) is 0 Å². The van der Waals surface area contributed by atoms with E-state index >= 15 is 0 Å². The Kier molecular flexibility index (Phi) is 17.3. The van der Waals surface area contributed by atoms with Gasteiger partial charge in [-0.05, 0) is 117 Å². The summed E-state index contributed by atoms with van der Waals surface area (Å²) in [5.41, 5.74) is -1.42. The van der Waals surface area contributed by atoms with Crippen LogP contribution in [0.1, 0.15) is 113 Å². The zero-order valence-electron chi connectivity index (χ0n) is 46.3. The van der Waals surface area contributed by atoms with Gasteiger partial charge in [0.25, 0.3) is 0 Å². The van der Waals surface area contributed by atoms with Gasteiger partial charge in [0.05, 0.1) is 43.4 Å². The van der Waals surface area contributed by atoms with E-state index in [-0.39, 0.29) is 65.5 Å². The number of ether oxygens (including phenoxy) is 9. The average Bonchev–Trinajstić information content (AvgIpc) is 2.98. The SMILES string of the molecule is CC(=O)O[C@H]1[C@H](OC2CCC3(C)C(CCC4(C)C3CC=C3C5CC(C)(C(=O)O)CC(C(=O)O[C@@H]6O[C@H](CO[C@@H]7O[C@H](CO)[C@@H](O[C@@H]8O[C@H](C)[C@@H](O)[C@@H](O)[C@H]8O)C(O)[C@H]7O)[C@@H](O)[C@@H](O)[C@H]6O)C5CCC34C)C2(C)C)OC[C@H](O)[C@H]1O. The lowest BCUT2D eigenvalue weighted by Gasteiger charge is -2.71. The fraction of sp³-hybridized carbons (Fsp3) is 0.909. The van der Waals surface area contributed by atoms with Gasteiger partial charge in [-0.3, -0.25) is 14.4 Å². The lowest BCUT2D eigenvalue weighted by Crippen LogP contribution is -2.65. The molecule has 24 nitrogen and oxygen atoms in total. The number of hydrogen-bond donors (Lipinski definition) is 12. The third-order valence-corrected chi connectivity index (χ3v) is 21.3. The highest BCUT2D eigenvalue weighted by atomic mass is 16.8. The Morgan fingerprint density at radius 2 is 1.32 bits per heavy atom. The van der Waals surface area contributed by atoms with Crippen LogP contribution in [0.3, 0.4) is 0 Å². The highest BCUT2D eigenvalue weighted by Gasteiger charge is 2.69. The number of carboxylic acid groups (broad SMARTS) is 1. The molecule has 0 aromatic rings. The van der Waals surface area contributed by atoms with E-state index in [1.807, 2.05) is 0 Å². The normalized spacial score (nSPS) is 52.5. The van der Waals surface area contributed by atoms with Gasteiger partial charge in [-0.15, -0.1) is 0 Å². The first kappa shape index (κ1) is 61.0. The van der Waals surface area contributed by atoms with Gasteiger partial charge < -0.3 is 104 Å². The zero-order valence-corrected chi connectivity index (χ0v) is 46.3. The van der Waals surface area contributed by atoms with E-state index < -0.39 is 165 Å². The molecule has 9 rings (SSSR count). The van der Waals surface area contributed by atoms with Crippen molar-refractivity contribution in [2.75, 3.05) is 19.8 Å². The van der Waals surface area contributed by atoms with Crippen LogP contribution in [0.5, 0.6) is 0 Å². The van der Waals surface area contributed by atoms with Gasteiger partial charge >= 0.3 is 17.9 Å². The first-order chi connectivity index (χ1) is 36.9. The summed E-state index contributed by atoms with van der Waals surface area (Å²) < 4.78 is 52.2.